The van der Waals surface area contributed by atoms with Crippen molar-refractivity contribution in [2.24, 2.45) is 7.05 Å². The molecule has 2 aliphatic heterocycles. The molecular weight excluding hydrogens is 264 g/mol. The number of epoxide rings is 1. The second-order valence-corrected chi connectivity index (χ2v) is 5.80. The van der Waals surface area contributed by atoms with Gasteiger partial charge in [-0.3, -0.25) is 4.68 Å². The van der Waals surface area contributed by atoms with Gasteiger partial charge in [-0.2, -0.15) is 5.10 Å². The lowest BCUT2D eigenvalue weighted by Gasteiger charge is -2.17. The van der Waals surface area contributed by atoms with Crippen LogP contribution < -0.4 is 0 Å². The normalized spacial score (nSPS) is 35.4. The molecule has 1 aromatic rings. The number of hydrogen-bond acceptors (Lipinski definition) is 3. The van der Waals surface area contributed by atoms with Crippen LogP contribution in [0.15, 0.2) is 10.7 Å². The zero-order valence-corrected chi connectivity index (χ0v) is 10.3. The van der Waals surface area contributed by atoms with Gasteiger partial charge in [0.1, 0.15) is 11.0 Å². The maximum atomic E-state index is 5.84. The number of hydrogen-bond donors (Lipinski definition) is 0. The predicted octanol–water partition coefficient (Wildman–Crippen LogP) is 2.26. The Morgan fingerprint density at radius 2 is 2.64 bits per heavy atom. The van der Waals surface area contributed by atoms with E-state index in [1.165, 1.54) is 17.9 Å². The Hall–Kier alpha value is -0.0000000000000000763. The average molecular weight is 275 g/mol. The molecule has 3 rings (SSSR count). The third-order valence-corrected chi connectivity index (χ3v) is 4.78. The van der Waals surface area contributed by atoms with Crippen LogP contribution in [0.4, 0.5) is 0 Å². The fourth-order valence-electron chi connectivity index (χ4n) is 2.20. The van der Waals surface area contributed by atoms with Crippen molar-refractivity contribution >= 4 is 27.7 Å². The molecule has 76 valence electrons. The van der Waals surface area contributed by atoms with Gasteiger partial charge in [-0.15, -0.1) is 11.8 Å². The fraction of sp³-hybridized carbons (Fsp3) is 0.667. The molecule has 2 saturated heterocycles. The van der Waals surface area contributed by atoms with Crippen LogP contribution in [0.25, 0.3) is 0 Å². The first-order valence-electron chi connectivity index (χ1n) is 4.71. The van der Waals surface area contributed by atoms with Crippen LogP contribution in [0.3, 0.4) is 0 Å². The summed E-state index contributed by atoms with van der Waals surface area (Å²) in [5.74, 6) is 1.22. The monoisotopic (exact) mass is 274 g/mol. The van der Waals surface area contributed by atoms with Gasteiger partial charge in [0, 0.05) is 7.05 Å². The Balaban J connectivity index is 2.03. The Bertz CT molecular complexity index is 361. The molecule has 0 saturated carbocycles. The zero-order chi connectivity index (χ0) is 9.76. The maximum absolute atomic E-state index is 5.84. The van der Waals surface area contributed by atoms with Crippen LogP contribution in [-0.2, 0) is 17.4 Å². The van der Waals surface area contributed by atoms with Gasteiger partial charge in [0.15, 0.2) is 0 Å². The molecule has 0 bridgehead atoms. The summed E-state index contributed by atoms with van der Waals surface area (Å²) >= 11 is 5.46. The van der Waals surface area contributed by atoms with E-state index in [1.807, 2.05) is 29.7 Å². The minimum Gasteiger partial charge on any atom is -0.348 e. The molecule has 2 fully saturated rings. The molecule has 0 amide bonds. The van der Waals surface area contributed by atoms with Crippen molar-refractivity contribution in [3.8, 4) is 0 Å². The molecule has 3 heterocycles. The highest BCUT2D eigenvalue weighted by Gasteiger charge is 2.61. The Labute approximate surface area is 95.3 Å². The van der Waals surface area contributed by atoms with E-state index in [4.69, 9.17) is 4.74 Å². The number of fused-ring (bicyclic) bond motifs is 1. The molecule has 0 N–H and O–H groups in total. The van der Waals surface area contributed by atoms with E-state index in [2.05, 4.69) is 21.0 Å². The lowest BCUT2D eigenvalue weighted by molar-refractivity contribution is 0.278. The van der Waals surface area contributed by atoms with Crippen LogP contribution in [0.1, 0.15) is 18.5 Å². The highest BCUT2D eigenvalue weighted by atomic mass is 79.9. The fourth-order valence-corrected chi connectivity index (χ4v) is 4.15. The minimum absolute atomic E-state index is 0.0347. The summed E-state index contributed by atoms with van der Waals surface area (Å²) in [6.45, 7) is 0. The van der Waals surface area contributed by atoms with Crippen LogP contribution >= 0.6 is 27.7 Å². The highest BCUT2D eigenvalue weighted by Crippen LogP contribution is 2.59. The molecule has 0 aliphatic carbocycles. The van der Waals surface area contributed by atoms with E-state index in [0.717, 1.165) is 10.9 Å². The van der Waals surface area contributed by atoms with Crippen LogP contribution in [0, 0.1) is 0 Å². The van der Waals surface area contributed by atoms with Gasteiger partial charge < -0.3 is 4.74 Å². The van der Waals surface area contributed by atoms with Crippen molar-refractivity contribution in [1.82, 2.24) is 9.78 Å². The van der Waals surface area contributed by atoms with E-state index in [0.29, 0.717) is 5.44 Å². The van der Waals surface area contributed by atoms with Gasteiger partial charge in [-0.1, -0.05) is 0 Å². The number of thioether (sulfide) groups is 1. The first-order valence-corrected chi connectivity index (χ1v) is 6.55. The zero-order valence-electron chi connectivity index (χ0n) is 7.86. The molecule has 0 aromatic carbocycles. The van der Waals surface area contributed by atoms with Crippen LogP contribution in [0.2, 0.25) is 0 Å². The standard InChI is InChI=1S/C9H11BrN2OS/c1-12-7(6(10)5-11-12)9-3-2-4-14-8(9)13-9/h5,8H,2-4H2,1H3/t8-,9+/m1/s1. The van der Waals surface area contributed by atoms with E-state index in [9.17, 15) is 0 Å². The second kappa shape index (κ2) is 3.00. The highest BCUT2D eigenvalue weighted by molar-refractivity contribution is 9.10. The third kappa shape index (κ3) is 1.12. The van der Waals surface area contributed by atoms with Gasteiger partial charge in [0.25, 0.3) is 0 Å². The minimum atomic E-state index is -0.0347. The van der Waals surface area contributed by atoms with Crippen LogP contribution in [0.5, 0.6) is 0 Å². The molecule has 0 radical (unpaired) electrons. The van der Waals surface area contributed by atoms with Gasteiger partial charge in [-0.25, -0.2) is 0 Å². The van der Waals surface area contributed by atoms with Crippen molar-refractivity contribution in [3.05, 3.63) is 16.4 Å². The Morgan fingerprint density at radius 3 is 3.29 bits per heavy atom. The maximum Gasteiger partial charge on any atom is 0.148 e. The first kappa shape index (κ1) is 9.24. The van der Waals surface area contributed by atoms with Crippen molar-refractivity contribution in [2.45, 2.75) is 23.9 Å². The molecule has 0 spiro atoms. The number of aromatic nitrogens is 2. The summed E-state index contributed by atoms with van der Waals surface area (Å²) in [6, 6.07) is 0. The molecule has 5 heteroatoms. The number of rotatable bonds is 1. The number of halogens is 1. The van der Waals surface area contributed by atoms with E-state index in [1.54, 1.807) is 0 Å². The Morgan fingerprint density at radius 1 is 1.79 bits per heavy atom. The van der Waals surface area contributed by atoms with Crippen LogP contribution in [-0.4, -0.2) is 21.0 Å². The van der Waals surface area contributed by atoms with E-state index < -0.39 is 0 Å². The lowest BCUT2D eigenvalue weighted by atomic mass is 10.0. The van der Waals surface area contributed by atoms with Crippen molar-refractivity contribution in [2.75, 3.05) is 5.75 Å². The number of aryl methyl sites for hydroxylation is 1. The number of ether oxygens (including phenoxy) is 1. The van der Waals surface area contributed by atoms with Gasteiger partial charge in [0.2, 0.25) is 0 Å². The van der Waals surface area contributed by atoms with Crippen molar-refractivity contribution < 1.29 is 4.74 Å². The topological polar surface area (TPSA) is 30.4 Å². The summed E-state index contributed by atoms with van der Waals surface area (Å²) in [7, 11) is 1.98. The lowest BCUT2D eigenvalue weighted by Crippen LogP contribution is -2.20. The quantitative estimate of drug-likeness (QED) is 0.736. The molecule has 14 heavy (non-hydrogen) atoms. The SMILES string of the molecule is Cn1ncc(Br)c1[C@@]12CCCS[C@H]1O2. The molecule has 2 aliphatic rings. The van der Waals surface area contributed by atoms with Crippen molar-refractivity contribution in [3.63, 3.8) is 0 Å². The summed E-state index contributed by atoms with van der Waals surface area (Å²) in [6.07, 6.45) is 4.21. The summed E-state index contributed by atoms with van der Waals surface area (Å²) in [5, 5.41) is 4.24. The van der Waals surface area contributed by atoms with Crippen molar-refractivity contribution in [1.29, 1.82) is 0 Å². The average Bonchev–Trinajstić information content (AvgIpc) is 2.81. The Kier molecular flexibility index (Phi) is 1.98. The number of nitrogens with zero attached hydrogens (tertiary/aromatic N) is 2. The smallest absolute Gasteiger partial charge is 0.148 e. The summed E-state index contributed by atoms with van der Waals surface area (Å²) in [4.78, 5) is 0. The molecule has 2 atom stereocenters. The predicted molar refractivity (Wildman–Crippen MR) is 59.2 cm³/mol. The molecule has 0 unspecified atom stereocenters. The summed E-state index contributed by atoms with van der Waals surface area (Å²) < 4.78 is 8.84. The third-order valence-electron chi connectivity index (χ3n) is 2.90. The second-order valence-electron chi connectivity index (χ2n) is 3.78. The van der Waals surface area contributed by atoms with E-state index in [-0.39, 0.29) is 5.60 Å². The van der Waals surface area contributed by atoms with Gasteiger partial charge in [0.05, 0.1) is 16.4 Å². The molecule has 3 nitrogen and oxygen atoms in total. The molecular formula is C9H11BrN2OS. The van der Waals surface area contributed by atoms with Gasteiger partial charge in [-0.05, 0) is 34.5 Å². The van der Waals surface area contributed by atoms with Gasteiger partial charge >= 0.3 is 0 Å². The molecule has 1 aromatic heterocycles. The van der Waals surface area contributed by atoms with E-state index >= 15 is 0 Å². The first-order chi connectivity index (χ1) is 6.74. The summed E-state index contributed by atoms with van der Waals surface area (Å²) in [5.41, 5.74) is 1.53. The largest absolute Gasteiger partial charge is 0.348 e.